The number of nitrogens with two attached hydrogens (primary N) is 1. The van der Waals surface area contributed by atoms with Gasteiger partial charge in [0.2, 0.25) is 0 Å². The zero-order chi connectivity index (χ0) is 8.15. The van der Waals surface area contributed by atoms with Crippen LogP contribution in [0, 0.1) is 5.41 Å². The highest BCUT2D eigenvalue weighted by Crippen LogP contribution is 1.80. The van der Waals surface area contributed by atoms with Gasteiger partial charge >= 0.3 is 0 Å². The summed E-state index contributed by atoms with van der Waals surface area (Å²) >= 11 is 0. The smallest absolute Gasteiger partial charge is 0.188 e. The summed E-state index contributed by atoms with van der Waals surface area (Å²) in [5.74, 6) is 0.127. The molecule has 0 saturated heterocycles. The van der Waals surface area contributed by atoms with Crippen LogP contribution in [-0.2, 0) is 0 Å². The molecule has 0 bridgehead atoms. The monoisotopic (exact) mass is 272 g/mol. The molecule has 0 atom stereocenters. The van der Waals surface area contributed by atoms with E-state index in [2.05, 4.69) is 4.90 Å². The van der Waals surface area contributed by atoms with Gasteiger partial charge in [-0.15, -0.1) is 24.0 Å². The molecule has 0 rings (SSSR count). The van der Waals surface area contributed by atoms with E-state index < -0.39 is 0 Å². The van der Waals surface area contributed by atoms with E-state index in [4.69, 9.17) is 11.1 Å². The minimum atomic E-state index is 0. The van der Waals surface area contributed by atoms with E-state index in [0.717, 1.165) is 13.1 Å². The second-order valence-corrected chi connectivity index (χ2v) is 2.61. The fourth-order valence-electron chi connectivity index (χ4n) is 0.470. The van der Waals surface area contributed by atoms with Crippen molar-refractivity contribution < 1.29 is 0 Å². The molecule has 0 amide bonds. The Morgan fingerprint density at radius 3 is 2.00 bits per heavy atom. The highest BCUT2D eigenvalue weighted by Gasteiger charge is 1.98. The van der Waals surface area contributed by atoms with Crippen LogP contribution in [-0.4, -0.2) is 50.0 Å². The number of guanidine groups is 1. The standard InChI is InChI=1S/C6H16N4.HI/c1-9(2)4-5-10(3)6(7)8;/h4-5H2,1-3H3,(H3,7,8);1H. The fourth-order valence-corrected chi connectivity index (χ4v) is 0.470. The van der Waals surface area contributed by atoms with Crippen molar-refractivity contribution in [2.24, 2.45) is 5.73 Å². The van der Waals surface area contributed by atoms with E-state index >= 15 is 0 Å². The van der Waals surface area contributed by atoms with Gasteiger partial charge in [-0.1, -0.05) is 0 Å². The van der Waals surface area contributed by atoms with Crippen LogP contribution in [0.1, 0.15) is 0 Å². The molecule has 0 unspecified atom stereocenters. The van der Waals surface area contributed by atoms with Crippen LogP contribution in [0.15, 0.2) is 0 Å². The van der Waals surface area contributed by atoms with Crippen LogP contribution in [0.2, 0.25) is 0 Å². The summed E-state index contributed by atoms with van der Waals surface area (Å²) in [6, 6.07) is 0. The molecule has 3 N–H and O–H groups in total. The zero-order valence-electron chi connectivity index (χ0n) is 7.29. The molecule has 68 valence electrons. The maximum atomic E-state index is 7.03. The predicted octanol–water partition coefficient (Wildman–Crippen LogP) is -0.00873. The number of nitrogens with zero attached hydrogens (tertiary/aromatic N) is 2. The Hall–Kier alpha value is -0.0400. The van der Waals surface area contributed by atoms with Crippen LogP contribution in [0.25, 0.3) is 0 Å². The summed E-state index contributed by atoms with van der Waals surface area (Å²) in [5, 5.41) is 7.03. The highest BCUT2D eigenvalue weighted by molar-refractivity contribution is 14.0. The Labute approximate surface area is 85.3 Å². The van der Waals surface area contributed by atoms with Gasteiger partial charge in [-0.05, 0) is 14.1 Å². The molecule has 4 nitrogen and oxygen atoms in total. The minimum Gasteiger partial charge on any atom is -0.370 e. The molecule has 0 aliphatic heterocycles. The van der Waals surface area contributed by atoms with Crippen molar-refractivity contribution in [3.63, 3.8) is 0 Å². The van der Waals surface area contributed by atoms with Crippen LogP contribution < -0.4 is 5.73 Å². The molecule has 0 aromatic heterocycles. The average Bonchev–Trinajstić information content (AvgIpc) is 1.82. The Balaban J connectivity index is 0. The minimum absolute atomic E-state index is 0. The molecule has 0 heterocycles. The van der Waals surface area contributed by atoms with Crippen molar-refractivity contribution in [2.75, 3.05) is 34.2 Å². The molecule has 0 fully saturated rings. The van der Waals surface area contributed by atoms with Gasteiger partial charge in [-0.2, -0.15) is 0 Å². The molecule has 0 aromatic carbocycles. The van der Waals surface area contributed by atoms with E-state index in [1.807, 2.05) is 21.1 Å². The van der Waals surface area contributed by atoms with Crippen LogP contribution >= 0.6 is 24.0 Å². The third-order valence-electron chi connectivity index (χ3n) is 1.29. The summed E-state index contributed by atoms with van der Waals surface area (Å²) < 4.78 is 0. The largest absolute Gasteiger partial charge is 0.370 e. The summed E-state index contributed by atoms with van der Waals surface area (Å²) in [6.07, 6.45) is 0. The van der Waals surface area contributed by atoms with Gasteiger partial charge < -0.3 is 15.5 Å². The Kier molecular flexibility index (Phi) is 8.20. The molecule has 0 aromatic rings. The highest BCUT2D eigenvalue weighted by atomic mass is 127. The lowest BCUT2D eigenvalue weighted by molar-refractivity contribution is 0.354. The molecular weight excluding hydrogens is 255 g/mol. The van der Waals surface area contributed by atoms with Crippen molar-refractivity contribution in [2.45, 2.75) is 0 Å². The second kappa shape index (κ2) is 6.66. The lowest BCUT2D eigenvalue weighted by atomic mass is 10.5. The van der Waals surface area contributed by atoms with Gasteiger partial charge in [-0.25, -0.2) is 0 Å². The first-order valence-electron chi connectivity index (χ1n) is 3.24. The predicted molar refractivity (Wildman–Crippen MR) is 58.5 cm³/mol. The number of hydrogen-bond acceptors (Lipinski definition) is 2. The lowest BCUT2D eigenvalue weighted by Gasteiger charge is -2.18. The van der Waals surface area contributed by atoms with Gasteiger partial charge in [0.05, 0.1) is 0 Å². The number of likely N-dealkylation sites (N-methyl/N-ethyl adjacent to an activating group) is 2. The van der Waals surface area contributed by atoms with Gasteiger partial charge in [-0.3, -0.25) is 5.41 Å². The van der Waals surface area contributed by atoms with Crippen LogP contribution in [0.3, 0.4) is 0 Å². The van der Waals surface area contributed by atoms with E-state index in [9.17, 15) is 0 Å². The maximum Gasteiger partial charge on any atom is 0.188 e. The van der Waals surface area contributed by atoms with Gasteiger partial charge in [0.25, 0.3) is 0 Å². The maximum absolute atomic E-state index is 7.03. The summed E-state index contributed by atoms with van der Waals surface area (Å²) in [4.78, 5) is 3.76. The number of rotatable bonds is 3. The molecule has 0 aliphatic carbocycles. The number of halogens is 1. The lowest BCUT2D eigenvalue weighted by Crippen LogP contribution is -2.37. The molecular formula is C6H17IN4. The quantitative estimate of drug-likeness (QED) is 0.431. The van der Waals surface area contributed by atoms with E-state index in [-0.39, 0.29) is 29.9 Å². The van der Waals surface area contributed by atoms with Crippen molar-refractivity contribution in [3.05, 3.63) is 0 Å². The van der Waals surface area contributed by atoms with E-state index in [1.165, 1.54) is 0 Å². The Morgan fingerprint density at radius 2 is 1.73 bits per heavy atom. The summed E-state index contributed by atoms with van der Waals surface area (Å²) in [7, 11) is 5.80. The first-order chi connectivity index (χ1) is 4.54. The van der Waals surface area contributed by atoms with Crippen molar-refractivity contribution in [3.8, 4) is 0 Å². The van der Waals surface area contributed by atoms with Crippen LogP contribution in [0.5, 0.6) is 0 Å². The summed E-state index contributed by atoms with van der Waals surface area (Å²) in [5.41, 5.74) is 5.21. The molecule has 0 radical (unpaired) electrons. The van der Waals surface area contributed by atoms with Gasteiger partial charge in [0.15, 0.2) is 5.96 Å². The normalized spacial score (nSPS) is 9.09. The molecule has 5 heteroatoms. The zero-order valence-corrected chi connectivity index (χ0v) is 9.62. The van der Waals surface area contributed by atoms with Crippen molar-refractivity contribution in [1.82, 2.24) is 9.80 Å². The molecule has 11 heavy (non-hydrogen) atoms. The topological polar surface area (TPSA) is 56.4 Å². The fraction of sp³-hybridized carbons (Fsp3) is 0.833. The second-order valence-electron chi connectivity index (χ2n) is 2.61. The third-order valence-corrected chi connectivity index (χ3v) is 1.29. The van der Waals surface area contributed by atoms with E-state index in [1.54, 1.807) is 4.90 Å². The third kappa shape index (κ3) is 7.86. The first kappa shape index (κ1) is 13.5. The van der Waals surface area contributed by atoms with Gasteiger partial charge in [0, 0.05) is 20.1 Å². The number of hydrogen-bond donors (Lipinski definition) is 2. The number of nitrogens with one attached hydrogen (secondary N) is 1. The van der Waals surface area contributed by atoms with Crippen LogP contribution in [0.4, 0.5) is 0 Å². The van der Waals surface area contributed by atoms with Crippen molar-refractivity contribution >= 4 is 29.9 Å². The SMILES string of the molecule is CN(C)CCN(C)C(=N)N.I. The summed E-state index contributed by atoms with van der Waals surface area (Å²) in [6.45, 7) is 1.73. The molecule has 0 saturated carbocycles. The Bertz CT molecular complexity index is 115. The van der Waals surface area contributed by atoms with Crippen molar-refractivity contribution in [1.29, 1.82) is 5.41 Å². The molecule has 0 spiro atoms. The first-order valence-corrected chi connectivity index (χ1v) is 3.24. The average molecular weight is 272 g/mol. The van der Waals surface area contributed by atoms with E-state index in [0.29, 0.717) is 0 Å². The molecule has 0 aliphatic rings. The van der Waals surface area contributed by atoms with Gasteiger partial charge in [0.1, 0.15) is 0 Å². The Morgan fingerprint density at radius 1 is 1.27 bits per heavy atom.